The van der Waals surface area contributed by atoms with Crippen LogP contribution in [-0.4, -0.2) is 54.0 Å². The molecule has 28 heavy (non-hydrogen) atoms. The highest BCUT2D eigenvalue weighted by atomic mass is 19.1. The van der Waals surface area contributed by atoms with Crippen molar-refractivity contribution in [3.8, 4) is 0 Å². The Morgan fingerprint density at radius 2 is 2.07 bits per heavy atom. The molecular weight excluding hydrogens is 357 g/mol. The molecule has 1 fully saturated rings. The van der Waals surface area contributed by atoms with Gasteiger partial charge in [-0.3, -0.25) is 9.69 Å². The second-order valence-electron chi connectivity index (χ2n) is 7.22. The monoisotopic (exact) mass is 383 g/mol. The van der Waals surface area contributed by atoms with Gasteiger partial charge >= 0.3 is 0 Å². The lowest BCUT2D eigenvalue weighted by molar-refractivity contribution is -0.117. The number of benzene rings is 1. The Morgan fingerprint density at radius 3 is 2.79 bits per heavy atom. The fraction of sp³-hybridized carbons (Fsp3) is 0.381. The molecule has 1 unspecified atom stereocenters. The van der Waals surface area contributed by atoms with Crippen molar-refractivity contribution in [3.63, 3.8) is 0 Å². The van der Waals surface area contributed by atoms with Gasteiger partial charge < -0.3 is 10.2 Å². The van der Waals surface area contributed by atoms with Crippen molar-refractivity contribution in [2.45, 2.75) is 25.4 Å². The van der Waals surface area contributed by atoms with Crippen molar-refractivity contribution in [2.75, 3.05) is 32.1 Å². The third kappa shape index (κ3) is 5.60. The molecule has 6 nitrogen and oxygen atoms in total. The van der Waals surface area contributed by atoms with Gasteiger partial charge in [-0.15, -0.1) is 0 Å². The van der Waals surface area contributed by atoms with Crippen molar-refractivity contribution in [2.24, 2.45) is 0 Å². The predicted octanol–water partition coefficient (Wildman–Crippen LogP) is 2.48. The zero-order chi connectivity index (χ0) is 19.9. The minimum absolute atomic E-state index is 0.0602. The second-order valence-corrected chi connectivity index (χ2v) is 7.22. The molecule has 1 aromatic carbocycles. The fourth-order valence-corrected chi connectivity index (χ4v) is 3.25. The summed E-state index contributed by atoms with van der Waals surface area (Å²) in [4.78, 5) is 24.7. The zero-order valence-electron chi connectivity index (χ0n) is 16.3. The Morgan fingerprint density at radius 1 is 1.32 bits per heavy atom. The van der Waals surface area contributed by atoms with Crippen LogP contribution < -0.4 is 10.2 Å². The van der Waals surface area contributed by atoms with Crippen LogP contribution in [-0.2, 0) is 11.3 Å². The summed E-state index contributed by atoms with van der Waals surface area (Å²) in [7, 11) is 3.75. The number of rotatable bonds is 6. The zero-order valence-corrected chi connectivity index (χ0v) is 16.3. The number of carbonyl (C=O) groups is 1. The minimum atomic E-state index is -0.181. The molecule has 1 aliphatic rings. The molecule has 1 atom stereocenters. The minimum Gasteiger partial charge on any atom is -0.349 e. The number of halogens is 1. The summed E-state index contributed by atoms with van der Waals surface area (Å²) in [6, 6.07) is 6.90. The Labute approximate surface area is 165 Å². The van der Waals surface area contributed by atoms with Crippen LogP contribution in [0.4, 0.5) is 10.3 Å². The first-order valence-electron chi connectivity index (χ1n) is 9.45. The first-order valence-corrected chi connectivity index (χ1v) is 9.45. The number of anilines is 1. The molecule has 3 rings (SSSR count). The standard InChI is InChI=1S/C21H26FN5O/c1-26(2)21-23-12-16(13-24-21)9-10-20(28)25-18-7-5-11-27(15-18)14-17-6-3-4-8-19(17)22/h3-4,6,8-10,12-13,18H,5,7,11,14-15H2,1-2H3,(H,25,28). The summed E-state index contributed by atoms with van der Waals surface area (Å²) in [5, 5.41) is 3.04. The van der Waals surface area contributed by atoms with Crippen molar-refractivity contribution in [3.05, 3.63) is 59.7 Å². The number of piperidine rings is 1. The van der Waals surface area contributed by atoms with Gasteiger partial charge in [0.1, 0.15) is 5.82 Å². The van der Waals surface area contributed by atoms with E-state index in [1.165, 1.54) is 12.1 Å². The van der Waals surface area contributed by atoms with Gasteiger partial charge in [0.25, 0.3) is 0 Å². The van der Waals surface area contributed by atoms with Gasteiger partial charge in [0.05, 0.1) is 0 Å². The van der Waals surface area contributed by atoms with E-state index in [4.69, 9.17) is 0 Å². The van der Waals surface area contributed by atoms with Crippen LogP contribution >= 0.6 is 0 Å². The van der Waals surface area contributed by atoms with E-state index in [1.807, 2.05) is 31.1 Å². The van der Waals surface area contributed by atoms with Crippen molar-refractivity contribution >= 4 is 17.9 Å². The van der Waals surface area contributed by atoms with E-state index in [1.54, 1.807) is 24.5 Å². The van der Waals surface area contributed by atoms with E-state index in [0.717, 1.165) is 24.9 Å². The Bertz CT molecular complexity index is 822. The SMILES string of the molecule is CN(C)c1ncc(C=CC(=O)NC2CCCN(Cc3ccccc3F)C2)cn1. The maximum atomic E-state index is 13.9. The Balaban J connectivity index is 1.51. The number of nitrogens with one attached hydrogen (secondary N) is 1. The molecule has 1 N–H and O–H groups in total. The van der Waals surface area contributed by atoms with E-state index in [0.29, 0.717) is 24.6 Å². The van der Waals surface area contributed by atoms with Gasteiger partial charge in [-0.05, 0) is 31.5 Å². The van der Waals surface area contributed by atoms with Crippen LogP contribution in [0.2, 0.25) is 0 Å². The second kappa shape index (κ2) is 9.41. The van der Waals surface area contributed by atoms with Crippen molar-refractivity contribution in [1.29, 1.82) is 0 Å². The molecule has 1 amide bonds. The van der Waals surface area contributed by atoms with Gasteiger partial charge in [0.15, 0.2) is 0 Å². The van der Waals surface area contributed by atoms with Crippen molar-refractivity contribution < 1.29 is 9.18 Å². The molecule has 0 aliphatic carbocycles. The molecule has 0 bridgehead atoms. The number of hydrogen-bond donors (Lipinski definition) is 1. The van der Waals surface area contributed by atoms with Crippen LogP contribution in [0.15, 0.2) is 42.7 Å². The molecule has 7 heteroatoms. The summed E-state index contributed by atoms with van der Waals surface area (Å²) in [5.41, 5.74) is 1.46. The number of likely N-dealkylation sites (tertiary alicyclic amines) is 1. The number of hydrogen-bond acceptors (Lipinski definition) is 5. The van der Waals surface area contributed by atoms with Gasteiger partial charge in [0, 0.05) is 62.8 Å². The third-order valence-corrected chi connectivity index (χ3v) is 4.69. The quantitative estimate of drug-likeness (QED) is 0.777. The topological polar surface area (TPSA) is 61.4 Å². The molecular formula is C21H26FN5O. The molecule has 148 valence electrons. The fourth-order valence-electron chi connectivity index (χ4n) is 3.25. The maximum absolute atomic E-state index is 13.9. The summed E-state index contributed by atoms with van der Waals surface area (Å²) >= 11 is 0. The third-order valence-electron chi connectivity index (χ3n) is 4.69. The van der Waals surface area contributed by atoms with Gasteiger partial charge in [-0.2, -0.15) is 0 Å². The van der Waals surface area contributed by atoms with E-state index in [9.17, 15) is 9.18 Å². The average molecular weight is 383 g/mol. The molecule has 1 aromatic heterocycles. The highest BCUT2D eigenvalue weighted by molar-refractivity contribution is 5.91. The molecule has 0 radical (unpaired) electrons. The number of nitrogens with zero attached hydrogens (tertiary/aromatic N) is 4. The summed E-state index contributed by atoms with van der Waals surface area (Å²) in [6.45, 7) is 2.19. The van der Waals surface area contributed by atoms with Crippen LogP contribution in [0.5, 0.6) is 0 Å². The lowest BCUT2D eigenvalue weighted by Crippen LogP contribution is -2.47. The molecule has 0 spiro atoms. The maximum Gasteiger partial charge on any atom is 0.244 e. The first-order chi connectivity index (χ1) is 13.5. The molecule has 2 aromatic rings. The molecule has 1 saturated heterocycles. The largest absolute Gasteiger partial charge is 0.349 e. The molecule has 0 saturated carbocycles. The van der Waals surface area contributed by atoms with E-state index >= 15 is 0 Å². The van der Waals surface area contributed by atoms with Gasteiger partial charge in [-0.1, -0.05) is 18.2 Å². The summed E-state index contributed by atoms with van der Waals surface area (Å²) in [5.74, 6) is 0.298. The van der Waals surface area contributed by atoms with E-state index in [-0.39, 0.29) is 17.8 Å². The summed E-state index contributed by atoms with van der Waals surface area (Å²) < 4.78 is 13.9. The van der Waals surface area contributed by atoms with E-state index in [2.05, 4.69) is 20.2 Å². The van der Waals surface area contributed by atoms with Crippen molar-refractivity contribution in [1.82, 2.24) is 20.2 Å². The van der Waals surface area contributed by atoms with E-state index < -0.39 is 0 Å². The highest BCUT2D eigenvalue weighted by Gasteiger charge is 2.21. The highest BCUT2D eigenvalue weighted by Crippen LogP contribution is 2.16. The number of amides is 1. The lowest BCUT2D eigenvalue weighted by Gasteiger charge is -2.33. The van der Waals surface area contributed by atoms with Crippen LogP contribution in [0.1, 0.15) is 24.0 Å². The average Bonchev–Trinajstić information content (AvgIpc) is 2.69. The van der Waals surface area contributed by atoms with Gasteiger partial charge in [0.2, 0.25) is 11.9 Å². The number of aromatic nitrogens is 2. The lowest BCUT2D eigenvalue weighted by atomic mass is 10.0. The first kappa shape index (κ1) is 19.9. The number of carbonyl (C=O) groups excluding carboxylic acids is 1. The predicted molar refractivity (Wildman–Crippen MR) is 108 cm³/mol. The molecule has 1 aliphatic heterocycles. The van der Waals surface area contributed by atoms with Crippen LogP contribution in [0, 0.1) is 5.82 Å². The van der Waals surface area contributed by atoms with Crippen LogP contribution in [0.3, 0.4) is 0 Å². The molecule has 2 heterocycles. The Kier molecular flexibility index (Phi) is 6.71. The Hall–Kier alpha value is -2.80. The normalized spacial score (nSPS) is 17.6. The summed E-state index contributed by atoms with van der Waals surface area (Å²) in [6.07, 6.45) is 8.47. The van der Waals surface area contributed by atoms with Gasteiger partial charge in [-0.25, -0.2) is 14.4 Å². The van der Waals surface area contributed by atoms with Crippen LogP contribution in [0.25, 0.3) is 6.08 Å². The smallest absolute Gasteiger partial charge is 0.244 e.